The smallest absolute Gasteiger partial charge is 0.407 e. The van der Waals surface area contributed by atoms with E-state index in [4.69, 9.17) is 23.7 Å². The first-order chi connectivity index (χ1) is 24.1. The quantitative estimate of drug-likeness (QED) is 0.0425. The lowest BCUT2D eigenvalue weighted by Gasteiger charge is -2.58. The summed E-state index contributed by atoms with van der Waals surface area (Å²) in [4.78, 5) is 12.6. The van der Waals surface area contributed by atoms with Crippen molar-refractivity contribution in [2.75, 3.05) is 66.0 Å². The van der Waals surface area contributed by atoms with Gasteiger partial charge in [0.05, 0.1) is 52.9 Å². The highest BCUT2D eigenvalue weighted by molar-refractivity contribution is 7.75. The molecule has 9 nitrogen and oxygen atoms in total. The van der Waals surface area contributed by atoms with E-state index in [0.29, 0.717) is 58.2 Å². The number of hydrogen-bond acceptors (Lipinski definition) is 9. The van der Waals surface area contributed by atoms with Crippen LogP contribution in [0.3, 0.4) is 0 Å². The zero-order chi connectivity index (χ0) is 36.0. The number of amides is 1. The van der Waals surface area contributed by atoms with Crippen molar-refractivity contribution in [3.8, 4) is 0 Å². The Morgan fingerprint density at radius 2 is 1.58 bits per heavy atom. The van der Waals surface area contributed by atoms with Crippen molar-refractivity contribution in [3.63, 3.8) is 0 Å². The maximum atomic E-state index is 12.6. The van der Waals surface area contributed by atoms with Crippen molar-refractivity contribution in [1.29, 1.82) is 0 Å². The third-order valence-electron chi connectivity index (χ3n) is 13.0. The molecule has 3 saturated carbocycles. The molecular formula is C40H71NO8S. The van der Waals surface area contributed by atoms with E-state index in [-0.39, 0.29) is 30.8 Å². The average molecular weight is 726 g/mol. The first-order valence-electron chi connectivity index (χ1n) is 20.0. The van der Waals surface area contributed by atoms with Crippen molar-refractivity contribution >= 4 is 19.0 Å². The summed E-state index contributed by atoms with van der Waals surface area (Å²) in [7, 11) is 0. The molecule has 0 spiro atoms. The number of rotatable bonds is 23. The monoisotopic (exact) mass is 725 g/mol. The molecule has 3 fully saturated rings. The van der Waals surface area contributed by atoms with Gasteiger partial charge in [-0.05, 0) is 111 Å². The number of allylic oxidation sites excluding steroid dienone is 1. The number of fused-ring (bicyclic) bond motifs is 5. The fraction of sp³-hybridized carbons (Fsp3) is 0.925. The SMILES string of the molecule is CC(C)CCCC(C)C1CCC2C3CC=C4CC(OC(=O)NCCCOCCOCCOCCOCC(O)COS)CCC4(C)C3CCC12C. The fourth-order valence-electron chi connectivity index (χ4n) is 10.3. The molecule has 0 aromatic rings. The highest BCUT2D eigenvalue weighted by Gasteiger charge is 2.59. The Hall–Kier alpha value is -0.880. The Morgan fingerprint density at radius 1 is 0.880 bits per heavy atom. The second-order valence-corrected chi connectivity index (χ2v) is 17.0. The molecule has 0 bridgehead atoms. The van der Waals surface area contributed by atoms with Gasteiger partial charge in [-0.25, -0.2) is 4.79 Å². The number of hydrogen-bond donors (Lipinski definition) is 3. The molecule has 10 heteroatoms. The number of ether oxygens (including phenoxy) is 5. The van der Waals surface area contributed by atoms with Crippen molar-refractivity contribution in [2.24, 2.45) is 46.3 Å². The lowest BCUT2D eigenvalue weighted by Crippen LogP contribution is -2.51. The number of aliphatic hydroxyl groups excluding tert-OH is 1. The second kappa shape index (κ2) is 21.1. The van der Waals surface area contributed by atoms with E-state index in [1.54, 1.807) is 5.57 Å². The molecule has 50 heavy (non-hydrogen) atoms. The molecule has 9 atom stereocenters. The Balaban J connectivity index is 1.06. The molecule has 0 aliphatic heterocycles. The van der Waals surface area contributed by atoms with Crippen molar-refractivity contribution in [3.05, 3.63) is 11.6 Å². The number of carbonyl (C=O) groups is 1. The van der Waals surface area contributed by atoms with Crippen molar-refractivity contribution in [1.82, 2.24) is 5.32 Å². The van der Waals surface area contributed by atoms with Crippen LogP contribution in [0, 0.1) is 46.3 Å². The Bertz CT molecular complexity index is 1030. The van der Waals surface area contributed by atoms with Crippen LogP contribution in [0.15, 0.2) is 11.6 Å². The molecule has 0 aromatic carbocycles. The number of alkyl carbamates (subject to hydrolysis) is 1. The van der Waals surface area contributed by atoms with Crippen molar-refractivity contribution < 1.29 is 37.8 Å². The van der Waals surface area contributed by atoms with Gasteiger partial charge in [0, 0.05) is 19.6 Å². The summed E-state index contributed by atoms with van der Waals surface area (Å²) < 4.78 is 32.3. The molecule has 4 rings (SSSR count). The predicted octanol–water partition coefficient (Wildman–Crippen LogP) is 7.80. The molecule has 1 amide bonds. The van der Waals surface area contributed by atoms with Crippen LogP contribution in [0.4, 0.5) is 4.79 Å². The Labute approximate surface area is 309 Å². The Kier molecular flexibility index (Phi) is 17.7. The summed E-state index contributed by atoms with van der Waals surface area (Å²) in [6, 6.07) is 0. The van der Waals surface area contributed by atoms with Crippen LogP contribution < -0.4 is 5.32 Å². The van der Waals surface area contributed by atoms with Crippen molar-refractivity contribution in [2.45, 2.75) is 124 Å². The minimum Gasteiger partial charge on any atom is -0.446 e. The van der Waals surface area contributed by atoms with Crippen LogP contribution in [0.1, 0.15) is 112 Å². The number of carbonyl (C=O) groups excluding carboxylic acids is 1. The maximum absolute atomic E-state index is 12.6. The highest BCUT2D eigenvalue weighted by Crippen LogP contribution is 2.67. The normalized spacial score (nSPS) is 31.8. The van der Waals surface area contributed by atoms with Gasteiger partial charge in [-0.3, -0.25) is 0 Å². The van der Waals surface area contributed by atoms with Crippen LogP contribution >= 0.6 is 12.9 Å². The molecule has 9 unspecified atom stereocenters. The Morgan fingerprint density at radius 3 is 2.28 bits per heavy atom. The second-order valence-electron chi connectivity index (χ2n) is 16.7. The zero-order valence-electron chi connectivity index (χ0n) is 32.0. The molecule has 4 aliphatic carbocycles. The van der Waals surface area contributed by atoms with E-state index >= 15 is 0 Å². The van der Waals surface area contributed by atoms with Gasteiger partial charge in [-0.1, -0.05) is 65.5 Å². The van der Waals surface area contributed by atoms with Gasteiger partial charge >= 0.3 is 6.09 Å². The lowest BCUT2D eigenvalue weighted by atomic mass is 9.47. The van der Waals surface area contributed by atoms with Gasteiger partial charge in [0.2, 0.25) is 0 Å². The summed E-state index contributed by atoms with van der Waals surface area (Å²) in [5.41, 5.74) is 2.34. The van der Waals surface area contributed by atoms with E-state index in [9.17, 15) is 9.90 Å². The minimum atomic E-state index is -0.686. The first kappa shape index (κ1) is 41.9. The summed E-state index contributed by atoms with van der Waals surface area (Å²) in [6.45, 7) is 16.6. The number of thiol groups is 1. The summed E-state index contributed by atoms with van der Waals surface area (Å²) in [6.07, 6.45) is 16.3. The van der Waals surface area contributed by atoms with E-state index in [1.165, 1.54) is 51.4 Å². The van der Waals surface area contributed by atoms with E-state index < -0.39 is 6.10 Å². The summed E-state index contributed by atoms with van der Waals surface area (Å²) in [5.74, 6) is 5.02. The molecule has 4 aliphatic rings. The van der Waals surface area contributed by atoms with E-state index in [2.05, 4.69) is 63.1 Å². The van der Waals surface area contributed by atoms with Gasteiger partial charge in [-0.2, -0.15) is 0 Å². The minimum absolute atomic E-state index is 0.0294. The van der Waals surface area contributed by atoms with Crippen LogP contribution in [0.25, 0.3) is 0 Å². The van der Waals surface area contributed by atoms with Crippen LogP contribution in [-0.2, 0) is 27.9 Å². The molecule has 2 N–H and O–H groups in total. The highest BCUT2D eigenvalue weighted by atomic mass is 32.1. The molecule has 290 valence electrons. The largest absolute Gasteiger partial charge is 0.446 e. The zero-order valence-corrected chi connectivity index (χ0v) is 32.9. The molecule has 0 heterocycles. The van der Waals surface area contributed by atoms with Crippen LogP contribution in [-0.4, -0.2) is 89.4 Å². The average Bonchev–Trinajstić information content (AvgIpc) is 3.44. The first-order valence-corrected chi connectivity index (χ1v) is 20.3. The number of nitrogens with one attached hydrogen (secondary N) is 1. The van der Waals surface area contributed by atoms with Gasteiger partial charge in [0.25, 0.3) is 0 Å². The van der Waals surface area contributed by atoms with Gasteiger partial charge in [0.15, 0.2) is 0 Å². The summed E-state index contributed by atoms with van der Waals surface area (Å²) >= 11 is 3.59. The molecule has 0 saturated heterocycles. The maximum Gasteiger partial charge on any atom is 0.407 e. The van der Waals surface area contributed by atoms with Gasteiger partial charge < -0.3 is 38.3 Å². The third-order valence-corrected chi connectivity index (χ3v) is 13.1. The molecular weight excluding hydrogens is 655 g/mol. The van der Waals surface area contributed by atoms with Crippen LogP contribution in [0.2, 0.25) is 0 Å². The van der Waals surface area contributed by atoms with E-state index in [1.807, 2.05) is 0 Å². The lowest BCUT2D eigenvalue weighted by molar-refractivity contribution is -0.0581. The standard InChI is InChI=1S/C40H71NO8S/c1-29(2)8-6-9-30(3)35-12-13-36-34-11-10-31-26-33(14-16-39(31,4)37(34)15-17-40(35,36)5)49-38(43)41-18-7-19-44-20-21-45-22-23-46-24-25-47-27-32(42)28-48-50/h10,29-30,32-37,42,50H,6-9,11-28H2,1-5H3,(H,41,43). The topological polar surface area (TPSA) is 105 Å². The molecule has 0 aromatic heterocycles. The summed E-state index contributed by atoms with van der Waals surface area (Å²) in [5, 5.41) is 12.4. The van der Waals surface area contributed by atoms with Gasteiger partial charge in [0.1, 0.15) is 12.2 Å². The third kappa shape index (κ3) is 11.8. The molecule has 0 radical (unpaired) electrons. The predicted molar refractivity (Wildman–Crippen MR) is 200 cm³/mol. The van der Waals surface area contributed by atoms with Gasteiger partial charge in [-0.15, -0.1) is 0 Å². The van der Waals surface area contributed by atoms with E-state index in [0.717, 1.165) is 61.2 Å². The number of aliphatic hydroxyl groups is 1. The van der Waals surface area contributed by atoms with Crippen LogP contribution in [0.5, 0.6) is 0 Å². The fourth-order valence-corrected chi connectivity index (χ4v) is 10.5.